The van der Waals surface area contributed by atoms with Crippen molar-refractivity contribution in [3.05, 3.63) is 68.2 Å². The first-order chi connectivity index (χ1) is 11.5. The van der Waals surface area contributed by atoms with Crippen molar-refractivity contribution in [2.24, 2.45) is 0 Å². The van der Waals surface area contributed by atoms with Gasteiger partial charge in [-0.1, -0.05) is 11.6 Å². The van der Waals surface area contributed by atoms with Gasteiger partial charge < -0.3 is 14.2 Å². The molecule has 0 saturated carbocycles. The van der Waals surface area contributed by atoms with Gasteiger partial charge in [-0.05, 0) is 24.3 Å². The summed E-state index contributed by atoms with van der Waals surface area (Å²) in [5, 5.41) is 11.1. The van der Waals surface area contributed by atoms with Gasteiger partial charge in [-0.15, -0.1) is 0 Å². The molecule has 0 aliphatic carbocycles. The number of nitrogens with zero attached hydrogens (tertiary/aromatic N) is 1. The third kappa shape index (κ3) is 3.47. The number of halogens is 1. The molecule has 0 bridgehead atoms. The van der Waals surface area contributed by atoms with Gasteiger partial charge in [0.05, 0.1) is 17.1 Å². The molecule has 0 aromatic heterocycles. The highest BCUT2D eigenvalue weighted by Gasteiger charge is 2.18. The van der Waals surface area contributed by atoms with Gasteiger partial charge >= 0.3 is 5.97 Å². The lowest BCUT2D eigenvalue weighted by atomic mass is 10.1. The van der Waals surface area contributed by atoms with Crippen molar-refractivity contribution in [1.29, 1.82) is 0 Å². The Balaban J connectivity index is 1.72. The Labute approximate surface area is 141 Å². The molecule has 2 aromatic carbocycles. The van der Waals surface area contributed by atoms with Crippen LogP contribution in [0.3, 0.4) is 0 Å². The highest BCUT2D eigenvalue weighted by Crippen LogP contribution is 2.32. The van der Waals surface area contributed by atoms with E-state index in [1.807, 2.05) is 0 Å². The van der Waals surface area contributed by atoms with Crippen molar-refractivity contribution < 1.29 is 23.9 Å². The Bertz CT molecular complexity index is 790. The van der Waals surface area contributed by atoms with Crippen LogP contribution in [0.5, 0.6) is 5.75 Å². The van der Waals surface area contributed by atoms with Crippen molar-refractivity contribution in [2.75, 3.05) is 6.79 Å². The van der Waals surface area contributed by atoms with E-state index < -0.39 is 10.9 Å². The van der Waals surface area contributed by atoms with E-state index >= 15 is 0 Å². The molecule has 24 heavy (non-hydrogen) atoms. The maximum Gasteiger partial charge on any atom is 0.338 e. The average Bonchev–Trinajstić information content (AvgIpc) is 2.59. The molecule has 2 aromatic rings. The van der Waals surface area contributed by atoms with Gasteiger partial charge in [-0.2, -0.15) is 0 Å². The minimum Gasteiger partial charge on any atom is -0.467 e. The van der Waals surface area contributed by atoms with Crippen LogP contribution in [0.4, 0.5) is 5.69 Å². The van der Waals surface area contributed by atoms with Crippen LogP contribution in [-0.4, -0.2) is 17.7 Å². The number of nitro benzene ring substituents is 1. The van der Waals surface area contributed by atoms with E-state index in [0.29, 0.717) is 22.9 Å². The Hall–Kier alpha value is -2.64. The number of non-ortho nitro benzene ring substituents is 1. The smallest absolute Gasteiger partial charge is 0.338 e. The lowest BCUT2D eigenvalue weighted by Crippen LogP contribution is -2.14. The van der Waals surface area contributed by atoms with Gasteiger partial charge in [0, 0.05) is 28.3 Å². The van der Waals surface area contributed by atoms with Crippen molar-refractivity contribution in [1.82, 2.24) is 0 Å². The van der Waals surface area contributed by atoms with Crippen molar-refractivity contribution in [3.63, 3.8) is 0 Å². The van der Waals surface area contributed by atoms with E-state index in [1.54, 1.807) is 12.1 Å². The van der Waals surface area contributed by atoms with Crippen LogP contribution in [0.1, 0.15) is 21.5 Å². The lowest BCUT2D eigenvalue weighted by molar-refractivity contribution is -0.384. The summed E-state index contributed by atoms with van der Waals surface area (Å²) in [4.78, 5) is 22.1. The predicted octanol–water partition coefficient (Wildman–Crippen LogP) is 3.47. The van der Waals surface area contributed by atoms with Gasteiger partial charge in [-0.25, -0.2) is 4.79 Å². The van der Waals surface area contributed by atoms with Crippen molar-refractivity contribution in [2.45, 2.75) is 13.2 Å². The van der Waals surface area contributed by atoms with Gasteiger partial charge in [-0.3, -0.25) is 10.1 Å². The molecular weight excluding hydrogens is 338 g/mol. The van der Waals surface area contributed by atoms with Crippen LogP contribution < -0.4 is 4.74 Å². The molecule has 0 saturated heterocycles. The molecule has 8 heteroatoms. The second-order valence-corrected chi connectivity index (χ2v) is 5.48. The van der Waals surface area contributed by atoms with E-state index in [4.69, 9.17) is 25.8 Å². The molecule has 3 rings (SSSR count). The molecule has 0 N–H and O–H groups in total. The van der Waals surface area contributed by atoms with Crippen molar-refractivity contribution in [3.8, 4) is 5.75 Å². The summed E-state index contributed by atoms with van der Waals surface area (Å²) in [6.45, 7) is 0.468. The summed E-state index contributed by atoms with van der Waals surface area (Å²) in [5.41, 5.74) is 1.55. The fourth-order valence-electron chi connectivity index (χ4n) is 2.31. The zero-order valence-corrected chi connectivity index (χ0v) is 13.1. The number of carbonyl (C=O) groups excluding carboxylic acids is 1. The van der Waals surface area contributed by atoms with E-state index in [-0.39, 0.29) is 24.7 Å². The quantitative estimate of drug-likeness (QED) is 0.477. The first-order valence-electron chi connectivity index (χ1n) is 6.98. The summed E-state index contributed by atoms with van der Waals surface area (Å²) < 4.78 is 15.9. The summed E-state index contributed by atoms with van der Waals surface area (Å²) >= 11 is 6.05. The Morgan fingerprint density at radius 3 is 2.75 bits per heavy atom. The van der Waals surface area contributed by atoms with Gasteiger partial charge in [0.2, 0.25) is 0 Å². The number of hydrogen-bond donors (Lipinski definition) is 0. The van der Waals surface area contributed by atoms with E-state index in [2.05, 4.69) is 0 Å². The number of rotatable bonds is 4. The Morgan fingerprint density at radius 2 is 2.04 bits per heavy atom. The molecular formula is C16H12ClNO6. The number of hydrogen-bond acceptors (Lipinski definition) is 6. The zero-order chi connectivity index (χ0) is 17.1. The first kappa shape index (κ1) is 16.2. The number of fused-ring (bicyclic) bond motifs is 1. The molecule has 124 valence electrons. The third-order valence-electron chi connectivity index (χ3n) is 3.42. The number of benzene rings is 2. The molecule has 0 atom stereocenters. The monoisotopic (exact) mass is 349 g/mol. The van der Waals surface area contributed by atoms with Crippen LogP contribution in [0.25, 0.3) is 0 Å². The van der Waals surface area contributed by atoms with Crippen LogP contribution in [0.2, 0.25) is 5.02 Å². The number of carbonyl (C=O) groups is 1. The minimum atomic E-state index is -0.592. The topological polar surface area (TPSA) is 87.9 Å². The zero-order valence-electron chi connectivity index (χ0n) is 12.4. The fraction of sp³-hybridized carbons (Fsp3) is 0.188. The van der Waals surface area contributed by atoms with Crippen LogP contribution in [0.15, 0.2) is 36.4 Å². The lowest BCUT2D eigenvalue weighted by Gasteiger charge is -2.21. The highest BCUT2D eigenvalue weighted by molar-refractivity contribution is 6.30. The second-order valence-electron chi connectivity index (χ2n) is 5.04. The summed E-state index contributed by atoms with van der Waals surface area (Å²) in [6.07, 6.45) is 0. The summed E-state index contributed by atoms with van der Waals surface area (Å²) in [5.74, 6) is 0.00725. The van der Waals surface area contributed by atoms with Crippen LogP contribution in [0, 0.1) is 10.1 Å². The van der Waals surface area contributed by atoms with Gasteiger partial charge in [0.1, 0.15) is 12.4 Å². The standard InChI is InChI=1S/C16H12ClNO6/c17-13-5-11-7-22-9-24-15(11)12(6-13)8-23-16(19)10-1-3-14(4-2-10)18(20)21/h1-6H,7-9H2. The largest absolute Gasteiger partial charge is 0.467 e. The summed E-state index contributed by atoms with van der Waals surface area (Å²) in [7, 11) is 0. The molecule has 1 aliphatic heterocycles. The molecule has 0 spiro atoms. The molecule has 0 amide bonds. The minimum absolute atomic E-state index is 0.0291. The Morgan fingerprint density at radius 1 is 1.29 bits per heavy atom. The van der Waals surface area contributed by atoms with Crippen LogP contribution in [-0.2, 0) is 22.7 Å². The molecule has 0 unspecified atom stereocenters. The average molecular weight is 350 g/mol. The van der Waals surface area contributed by atoms with Gasteiger partial charge in [0.25, 0.3) is 5.69 Å². The first-order valence-corrected chi connectivity index (χ1v) is 7.36. The predicted molar refractivity (Wildman–Crippen MR) is 84.0 cm³/mol. The normalized spacial score (nSPS) is 12.9. The number of nitro groups is 1. The van der Waals surface area contributed by atoms with E-state index in [1.165, 1.54) is 24.3 Å². The fourth-order valence-corrected chi connectivity index (χ4v) is 2.57. The molecule has 0 radical (unpaired) electrons. The molecule has 1 heterocycles. The summed E-state index contributed by atoms with van der Waals surface area (Å²) in [6, 6.07) is 8.58. The SMILES string of the molecule is O=C(OCc1cc(Cl)cc2c1OCOC2)c1ccc([N+](=O)[O-])cc1. The highest BCUT2D eigenvalue weighted by atomic mass is 35.5. The molecule has 0 fully saturated rings. The third-order valence-corrected chi connectivity index (χ3v) is 3.64. The molecule has 1 aliphatic rings. The van der Waals surface area contributed by atoms with E-state index in [0.717, 1.165) is 5.56 Å². The number of ether oxygens (including phenoxy) is 3. The van der Waals surface area contributed by atoms with Gasteiger partial charge in [0.15, 0.2) is 6.79 Å². The van der Waals surface area contributed by atoms with Crippen LogP contribution >= 0.6 is 11.6 Å². The van der Waals surface area contributed by atoms with E-state index in [9.17, 15) is 14.9 Å². The Kier molecular flexibility index (Phi) is 4.64. The van der Waals surface area contributed by atoms with Crippen molar-refractivity contribution >= 4 is 23.3 Å². The molecule has 7 nitrogen and oxygen atoms in total. The number of esters is 1. The maximum absolute atomic E-state index is 12.1. The second kappa shape index (κ2) is 6.86. The maximum atomic E-state index is 12.1.